The van der Waals surface area contributed by atoms with Gasteiger partial charge in [0.05, 0.1) is 12.3 Å². The van der Waals surface area contributed by atoms with Gasteiger partial charge < -0.3 is 20.3 Å². The zero-order valence-corrected chi connectivity index (χ0v) is 17.9. The molecule has 2 N–H and O–H groups in total. The highest BCUT2D eigenvalue weighted by Crippen LogP contribution is 2.24. The molecule has 6 nitrogen and oxygen atoms in total. The summed E-state index contributed by atoms with van der Waals surface area (Å²) >= 11 is 1.75. The summed E-state index contributed by atoms with van der Waals surface area (Å²) in [6.07, 6.45) is 3.45. The van der Waals surface area contributed by atoms with Crippen LogP contribution >= 0.6 is 11.3 Å². The Morgan fingerprint density at radius 2 is 2.11 bits per heavy atom. The summed E-state index contributed by atoms with van der Waals surface area (Å²) in [6.45, 7) is 8.51. The molecule has 1 saturated heterocycles. The number of nitrogens with one attached hydrogen (secondary N) is 2. The second-order valence-electron chi connectivity index (χ2n) is 6.96. The number of thiazole rings is 1. The van der Waals surface area contributed by atoms with Crippen molar-refractivity contribution in [1.29, 1.82) is 0 Å². The maximum Gasteiger partial charge on any atom is 0.191 e. The number of aromatic nitrogens is 1. The van der Waals surface area contributed by atoms with Gasteiger partial charge in [-0.05, 0) is 38.3 Å². The van der Waals surface area contributed by atoms with Crippen molar-refractivity contribution in [3.8, 4) is 5.75 Å². The van der Waals surface area contributed by atoms with Crippen molar-refractivity contribution in [2.24, 2.45) is 4.99 Å². The quantitative estimate of drug-likeness (QED) is 0.525. The van der Waals surface area contributed by atoms with Gasteiger partial charge in [-0.15, -0.1) is 11.3 Å². The first-order valence-electron chi connectivity index (χ1n) is 10.1. The molecule has 7 heteroatoms. The van der Waals surface area contributed by atoms with E-state index in [1.807, 2.05) is 6.92 Å². The highest BCUT2D eigenvalue weighted by atomic mass is 32.1. The fraction of sp³-hybridized carbons (Fsp3) is 0.524. The van der Waals surface area contributed by atoms with Gasteiger partial charge in [0.25, 0.3) is 0 Å². The van der Waals surface area contributed by atoms with Crippen LogP contribution in [0.25, 0.3) is 0 Å². The average Bonchev–Trinajstić information content (AvgIpc) is 3.37. The second kappa shape index (κ2) is 10.3. The van der Waals surface area contributed by atoms with Gasteiger partial charge in [-0.3, -0.25) is 4.99 Å². The summed E-state index contributed by atoms with van der Waals surface area (Å²) in [4.78, 5) is 11.5. The van der Waals surface area contributed by atoms with E-state index < -0.39 is 0 Å². The molecule has 2 aromatic rings. The summed E-state index contributed by atoms with van der Waals surface area (Å²) in [5.41, 5.74) is 3.48. The largest absolute Gasteiger partial charge is 0.494 e. The number of aryl methyl sites for hydroxylation is 1. The Morgan fingerprint density at radius 3 is 2.86 bits per heavy atom. The molecule has 3 rings (SSSR count). The van der Waals surface area contributed by atoms with Crippen molar-refractivity contribution >= 4 is 22.4 Å². The van der Waals surface area contributed by atoms with E-state index >= 15 is 0 Å². The Bertz CT molecular complexity index is 783. The molecule has 0 bridgehead atoms. The van der Waals surface area contributed by atoms with Crippen molar-refractivity contribution in [2.45, 2.75) is 39.7 Å². The number of rotatable bonds is 8. The van der Waals surface area contributed by atoms with E-state index in [4.69, 9.17) is 9.72 Å². The van der Waals surface area contributed by atoms with Crippen molar-refractivity contribution in [3.05, 3.63) is 40.4 Å². The maximum absolute atomic E-state index is 5.76. The molecule has 0 radical (unpaired) electrons. The van der Waals surface area contributed by atoms with E-state index in [1.54, 1.807) is 18.4 Å². The standard InChI is InChI=1S/C21H31N5OS/c1-4-27-19-13-16(2)7-8-17(19)14-24-20(22-3)23-10-9-18-15-28-21(25-18)26-11-5-6-12-26/h7-8,13,15H,4-6,9-12,14H2,1-3H3,(H2,22,23,24). The summed E-state index contributed by atoms with van der Waals surface area (Å²) in [6, 6.07) is 6.29. The van der Waals surface area contributed by atoms with E-state index in [9.17, 15) is 0 Å². The number of hydrogen-bond donors (Lipinski definition) is 2. The Morgan fingerprint density at radius 1 is 1.29 bits per heavy atom. The number of hydrogen-bond acceptors (Lipinski definition) is 5. The summed E-state index contributed by atoms with van der Waals surface area (Å²) in [5, 5.41) is 10.1. The molecule has 0 spiro atoms. The minimum atomic E-state index is 0.663. The third-order valence-corrected chi connectivity index (χ3v) is 5.73. The van der Waals surface area contributed by atoms with E-state index in [2.05, 4.69) is 51.0 Å². The number of ether oxygens (including phenoxy) is 1. The van der Waals surface area contributed by atoms with E-state index in [0.29, 0.717) is 13.2 Å². The number of anilines is 1. The van der Waals surface area contributed by atoms with Crippen LogP contribution in [0.5, 0.6) is 5.75 Å². The lowest BCUT2D eigenvalue weighted by molar-refractivity contribution is 0.336. The van der Waals surface area contributed by atoms with Gasteiger partial charge in [-0.1, -0.05) is 12.1 Å². The molecule has 0 amide bonds. The first-order chi connectivity index (χ1) is 13.7. The summed E-state index contributed by atoms with van der Waals surface area (Å²) in [7, 11) is 1.79. The lowest BCUT2D eigenvalue weighted by Crippen LogP contribution is -2.38. The van der Waals surface area contributed by atoms with Crippen molar-refractivity contribution in [3.63, 3.8) is 0 Å². The molecular formula is C21H31N5OS. The predicted octanol–water partition coefficient (Wildman–Crippen LogP) is 3.36. The molecule has 0 atom stereocenters. The van der Waals surface area contributed by atoms with Crippen molar-refractivity contribution in [1.82, 2.24) is 15.6 Å². The summed E-state index contributed by atoms with van der Waals surface area (Å²) < 4.78 is 5.76. The maximum atomic E-state index is 5.76. The zero-order valence-electron chi connectivity index (χ0n) is 17.1. The van der Waals surface area contributed by atoms with Crippen LogP contribution in [-0.2, 0) is 13.0 Å². The van der Waals surface area contributed by atoms with Gasteiger partial charge >= 0.3 is 0 Å². The number of guanidine groups is 1. The Labute approximate surface area is 172 Å². The monoisotopic (exact) mass is 401 g/mol. The predicted molar refractivity (Wildman–Crippen MR) is 118 cm³/mol. The van der Waals surface area contributed by atoms with Gasteiger partial charge in [0, 0.05) is 50.6 Å². The molecule has 0 aliphatic carbocycles. The molecule has 1 aromatic carbocycles. The van der Waals surface area contributed by atoms with Crippen LogP contribution in [0.2, 0.25) is 0 Å². The molecule has 1 aromatic heterocycles. The Hall–Kier alpha value is -2.28. The minimum Gasteiger partial charge on any atom is -0.494 e. The molecule has 1 fully saturated rings. The third kappa shape index (κ3) is 5.61. The first-order valence-corrected chi connectivity index (χ1v) is 10.9. The molecule has 1 aliphatic rings. The highest BCUT2D eigenvalue weighted by Gasteiger charge is 2.15. The molecule has 0 unspecified atom stereocenters. The van der Waals surface area contributed by atoms with E-state index in [1.165, 1.54) is 18.4 Å². The fourth-order valence-corrected chi connectivity index (χ4v) is 4.18. The number of benzene rings is 1. The zero-order chi connectivity index (χ0) is 19.8. The van der Waals surface area contributed by atoms with Crippen LogP contribution < -0.4 is 20.3 Å². The van der Waals surface area contributed by atoms with E-state index in [0.717, 1.165) is 54.2 Å². The van der Waals surface area contributed by atoms with Crippen LogP contribution in [0, 0.1) is 6.92 Å². The summed E-state index contributed by atoms with van der Waals surface area (Å²) in [5.74, 6) is 1.72. The molecule has 2 heterocycles. The van der Waals surface area contributed by atoms with E-state index in [-0.39, 0.29) is 0 Å². The topological polar surface area (TPSA) is 61.8 Å². The van der Waals surface area contributed by atoms with Gasteiger partial charge in [-0.2, -0.15) is 0 Å². The Balaban J connectivity index is 1.46. The molecule has 28 heavy (non-hydrogen) atoms. The fourth-order valence-electron chi connectivity index (χ4n) is 3.27. The third-order valence-electron chi connectivity index (χ3n) is 4.78. The van der Waals surface area contributed by atoms with Gasteiger partial charge in [0.2, 0.25) is 0 Å². The van der Waals surface area contributed by atoms with Gasteiger partial charge in [0.15, 0.2) is 11.1 Å². The van der Waals surface area contributed by atoms with Crippen molar-refractivity contribution in [2.75, 3.05) is 38.2 Å². The lowest BCUT2D eigenvalue weighted by Gasteiger charge is -2.15. The SMILES string of the molecule is CCOc1cc(C)ccc1CNC(=NC)NCCc1csc(N2CCCC2)n1. The second-order valence-corrected chi connectivity index (χ2v) is 7.80. The lowest BCUT2D eigenvalue weighted by atomic mass is 10.1. The van der Waals surface area contributed by atoms with Crippen LogP contribution in [0.15, 0.2) is 28.6 Å². The minimum absolute atomic E-state index is 0.663. The van der Waals surface area contributed by atoms with Crippen LogP contribution in [0.4, 0.5) is 5.13 Å². The van der Waals surface area contributed by atoms with Crippen LogP contribution in [0.1, 0.15) is 36.6 Å². The van der Waals surface area contributed by atoms with Gasteiger partial charge in [-0.25, -0.2) is 4.98 Å². The van der Waals surface area contributed by atoms with Gasteiger partial charge in [0.1, 0.15) is 5.75 Å². The molecule has 152 valence electrons. The Kier molecular flexibility index (Phi) is 7.54. The molecule has 0 saturated carbocycles. The normalized spacial score (nSPS) is 14.4. The highest BCUT2D eigenvalue weighted by molar-refractivity contribution is 7.13. The average molecular weight is 402 g/mol. The first kappa shape index (κ1) is 20.5. The van der Waals surface area contributed by atoms with Crippen LogP contribution in [-0.4, -0.2) is 44.2 Å². The van der Waals surface area contributed by atoms with Crippen LogP contribution in [0.3, 0.4) is 0 Å². The van der Waals surface area contributed by atoms with Crippen molar-refractivity contribution < 1.29 is 4.74 Å². The number of nitrogens with zero attached hydrogens (tertiary/aromatic N) is 3. The molecule has 1 aliphatic heterocycles. The molecular weight excluding hydrogens is 370 g/mol. The number of aliphatic imine (C=N–C) groups is 1. The smallest absolute Gasteiger partial charge is 0.191 e.